The van der Waals surface area contributed by atoms with Crippen LogP contribution in [0.2, 0.25) is 0 Å². The van der Waals surface area contributed by atoms with Gasteiger partial charge in [-0.1, -0.05) is 33.8 Å². The van der Waals surface area contributed by atoms with Gasteiger partial charge in [0.05, 0.1) is 7.11 Å². The van der Waals surface area contributed by atoms with Gasteiger partial charge in [-0.15, -0.1) is 0 Å². The standard InChI is InChI=1S/C17H28FNO/c1-6-11-19-16(17(2,3)4)10-8-13-7-9-15(20-5)14(18)12-13/h7,9,12,16,19H,6,8,10-11H2,1-5H3. The Hall–Kier alpha value is -1.09. The molecule has 1 unspecified atom stereocenters. The molecule has 1 aromatic rings. The molecule has 114 valence electrons. The minimum Gasteiger partial charge on any atom is -0.494 e. The van der Waals surface area contributed by atoms with Crippen LogP contribution in [0.1, 0.15) is 46.1 Å². The van der Waals surface area contributed by atoms with Gasteiger partial charge in [-0.3, -0.25) is 0 Å². The van der Waals surface area contributed by atoms with Gasteiger partial charge in [-0.25, -0.2) is 4.39 Å². The van der Waals surface area contributed by atoms with E-state index in [0.717, 1.165) is 31.4 Å². The lowest BCUT2D eigenvalue weighted by Crippen LogP contribution is -2.41. The predicted molar refractivity (Wildman–Crippen MR) is 82.8 cm³/mol. The summed E-state index contributed by atoms with van der Waals surface area (Å²) in [4.78, 5) is 0. The Morgan fingerprint density at radius 2 is 2.00 bits per heavy atom. The lowest BCUT2D eigenvalue weighted by Gasteiger charge is -2.32. The Labute approximate surface area is 122 Å². The van der Waals surface area contributed by atoms with Crippen LogP contribution in [0.3, 0.4) is 0 Å². The summed E-state index contributed by atoms with van der Waals surface area (Å²) in [5.74, 6) is 0.0315. The molecule has 2 nitrogen and oxygen atoms in total. The highest BCUT2D eigenvalue weighted by atomic mass is 19.1. The molecule has 0 aromatic heterocycles. The molecule has 0 aliphatic heterocycles. The lowest BCUT2D eigenvalue weighted by atomic mass is 9.83. The first kappa shape index (κ1) is 17.0. The normalized spacial score (nSPS) is 13.3. The van der Waals surface area contributed by atoms with Crippen molar-refractivity contribution in [3.63, 3.8) is 0 Å². The average molecular weight is 281 g/mol. The van der Waals surface area contributed by atoms with Crippen molar-refractivity contribution in [2.45, 2.75) is 53.0 Å². The van der Waals surface area contributed by atoms with Crippen LogP contribution >= 0.6 is 0 Å². The van der Waals surface area contributed by atoms with Gasteiger partial charge in [-0.05, 0) is 48.9 Å². The molecule has 3 heteroatoms. The number of hydrogen-bond donors (Lipinski definition) is 1. The maximum absolute atomic E-state index is 13.7. The first-order valence-electron chi connectivity index (χ1n) is 7.44. The number of halogens is 1. The van der Waals surface area contributed by atoms with Crippen molar-refractivity contribution >= 4 is 0 Å². The molecule has 0 aliphatic carbocycles. The van der Waals surface area contributed by atoms with E-state index in [9.17, 15) is 4.39 Å². The van der Waals surface area contributed by atoms with Crippen LogP contribution in [0.4, 0.5) is 4.39 Å². The molecular weight excluding hydrogens is 253 g/mol. The van der Waals surface area contributed by atoms with Crippen molar-refractivity contribution in [1.82, 2.24) is 5.32 Å². The van der Waals surface area contributed by atoms with E-state index >= 15 is 0 Å². The zero-order chi connectivity index (χ0) is 15.2. The quantitative estimate of drug-likeness (QED) is 0.809. The number of methoxy groups -OCH3 is 1. The predicted octanol–water partition coefficient (Wildman–Crippen LogP) is 4.18. The Morgan fingerprint density at radius 3 is 2.50 bits per heavy atom. The van der Waals surface area contributed by atoms with Crippen molar-refractivity contribution in [1.29, 1.82) is 0 Å². The van der Waals surface area contributed by atoms with Crippen LogP contribution < -0.4 is 10.1 Å². The van der Waals surface area contributed by atoms with Crippen molar-refractivity contribution in [3.8, 4) is 5.75 Å². The topological polar surface area (TPSA) is 21.3 Å². The molecule has 0 aliphatic rings. The Kier molecular flexibility index (Phi) is 6.47. The van der Waals surface area contributed by atoms with Crippen LogP contribution in [-0.2, 0) is 6.42 Å². The monoisotopic (exact) mass is 281 g/mol. The van der Waals surface area contributed by atoms with Gasteiger partial charge in [0.15, 0.2) is 11.6 Å². The summed E-state index contributed by atoms with van der Waals surface area (Å²) in [6.45, 7) is 9.93. The molecule has 0 saturated carbocycles. The van der Waals surface area contributed by atoms with Gasteiger partial charge in [0.2, 0.25) is 0 Å². The summed E-state index contributed by atoms with van der Waals surface area (Å²) in [7, 11) is 1.49. The van der Waals surface area contributed by atoms with Gasteiger partial charge in [0, 0.05) is 6.04 Å². The van der Waals surface area contributed by atoms with Crippen molar-refractivity contribution in [3.05, 3.63) is 29.6 Å². The lowest BCUT2D eigenvalue weighted by molar-refractivity contribution is 0.255. The van der Waals surface area contributed by atoms with Crippen LogP contribution in [0.25, 0.3) is 0 Å². The number of nitrogens with one attached hydrogen (secondary N) is 1. The molecule has 0 amide bonds. The third kappa shape index (κ3) is 5.12. The Morgan fingerprint density at radius 1 is 1.30 bits per heavy atom. The minimum atomic E-state index is -0.279. The number of hydrogen-bond acceptors (Lipinski definition) is 2. The first-order chi connectivity index (χ1) is 9.38. The van der Waals surface area contributed by atoms with E-state index in [1.807, 2.05) is 6.07 Å². The minimum absolute atomic E-state index is 0.209. The molecule has 0 heterocycles. The molecule has 0 saturated heterocycles. The number of ether oxygens (including phenoxy) is 1. The summed E-state index contributed by atoms with van der Waals surface area (Å²) in [5.41, 5.74) is 1.23. The maximum Gasteiger partial charge on any atom is 0.165 e. The second kappa shape index (κ2) is 7.63. The Bertz CT molecular complexity index is 412. The molecule has 1 atom stereocenters. The zero-order valence-electron chi connectivity index (χ0n) is 13.4. The number of aryl methyl sites for hydroxylation is 1. The summed E-state index contributed by atoms with van der Waals surface area (Å²) < 4.78 is 18.6. The van der Waals surface area contributed by atoms with E-state index in [4.69, 9.17) is 4.74 Å². The fourth-order valence-corrected chi connectivity index (χ4v) is 2.34. The van der Waals surface area contributed by atoms with Gasteiger partial charge in [-0.2, -0.15) is 0 Å². The SMILES string of the molecule is CCCNC(CCc1ccc(OC)c(F)c1)C(C)(C)C. The van der Waals surface area contributed by atoms with Crippen molar-refractivity contribution in [2.75, 3.05) is 13.7 Å². The van der Waals surface area contributed by atoms with Crippen molar-refractivity contribution < 1.29 is 9.13 Å². The molecule has 20 heavy (non-hydrogen) atoms. The van der Waals surface area contributed by atoms with Crippen LogP contribution in [0, 0.1) is 11.2 Å². The highest BCUT2D eigenvalue weighted by molar-refractivity contribution is 5.29. The van der Waals surface area contributed by atoms with Crippen LogP contribution in [-0.4, -0.2) is 19.7 Å². The summed E-state index contributed by atoms with van der Waals surface area (Å²) in [6, 6.07) is 5.67. The van der Waals surface area contributed by atoms with Gasteiger partial charge in [0.25, 0.3) is 0 Å². The van der Waals surface area contributed by atoms with Gasteiger partial charge in [0.1, 0.15) is 0 Å². The van der Waals surface area contributed by atoms with E-state index in [0.29, 0.717) is 11.8 Å². The largest absolute Gasteiger partial charge is 0.494 e. The molecule has 1 N–H and O–H groups in total. The third-order valence-electron chi connectivity index (χ3n) is 3.62. The summed E-state index contributed by atoms with van der Waals surface area (Å²) in [5, 5.41) is 3.60. The van der Waals surface area contributed by atoms with E-state index < -0.39 is 0 Å². The van der Waals surface area contributed by atoms with E-state index in [1.165, 1.54) is 7.11 Å². The summed E-state index contributed by atoms with van der Waals surface area (Å²) in [6.07, 6.45) is 3.01. The fraction of sp³-hybridized carbons (Fsp3) is 0.647. The second-order valence-electron chi connectivity index (χ2n) is 6.38. The Balaban J connectivity index is 2.65. The molecule has 1 aromatic carbocycles. The molecule has 0 spiro atoms. The molecular formula is C17H28FNO. The van der Waals surface area contributed by atoms with E-state index in [2.05, 4.69) is 33.0 Å². The fourth-order valence-electron chi connectivity index (χ4n) is 2.34. The maximum atomic E-state index is 13.7. The number of benzene rings is 1. The average Bonchev–Trinajstić information content (AvgIpc) is 2.37. The smallest absolute Gasteiger partial charge is 0.165 e. The summed E-state index contributed by atoms with van der Waals surface area (Å²) >= 11 is 0. The highest BCUT2D eigenvalue weighted by Gasteiger charge is 2.23. The van der Waals surface area contributed by atoms with Gasteiger partial charge < -0.3 is 10.1 Å². The van der Waals surface area contributed by atoms with E-state index in [1.54, 1.807) is 12.1 Å². The third-order valence-corrected chi connectivity index (χ3v) is 3.62. The van der Waals surface area contributed by atoms with Crippen LogP contribution in [0.15, 0.2) is 18.2 Å². The van der Waals surface area contributed by atoms with E-state index in [-0.39, 0.29) is 11.2 Å². The number of rotatable bonds is 7. The molecule has 0 bridgehead atoms. The van der Waals surface area contributed by atoms with Crippen LogP contribution in [0.5, 0.6) is 5.75 Å². The highest BCUT2D eigenvalue weighted by Crippen LogP contribution is 2.24. The first-order valence-corrected chi connectivity index (χ1v) is 7.44. The second-order valence-corrected chi connectivity index (χ2v) is 6.38. The molecule has 0 fully saturated rings. The molecule has 0 radical (unpaired) electrons. The van der Waals surface area contributed by atoms with Crippen molar-refractivity contribution in [2.24, 2.45) is 5.41 Å². The van der Waals surface area contributed by atoms with Gasteiger partial charge >= 0.3 is 0 Å². The molecule has 1 rings (SSSR count). The zero-order valence-corrected chi connectivity index (χ0v) is 13.4.